The van der Waals surface area contributed by atoms with Crippen LogP contribution in [0.4, 0.5) is 0 Å². The van der Waals surface area contributed by atoms with Crippen LogP contribution >= 0.6 is 0 Å². The predicted octanol–water partition coefficient (Wildman–Crippen LogP) is 1.09. The quantitative estimate of drug-likeness (QED) is 0.672. The Labute approximate surface area is 79.1 Å². The summed E-state index contributed by atoms with van der Waals surface area (Å²) in [4.78, 5) is 0. The van der Waals surface area contributed by atoms with Gasteiger partial charge in [-0.3, -0.25) is 0 Å². The summed E-state index contributed by atoms with van der Waals surface area (Å²) in [6.45, 7) is 4.02. The summed E-state index contributed by atoms with van der Waals surface area (Å²) < 4.78 is 0. The number of rotatable bonds is 1. The maximum Gasteiger partial charge on any atom is 0.0333 e. The highest BCUT2D eigenvalue weighted by Crippen LogP contribution is 2.28. The first-order valence-corrected chi connectivity index (χ1v) is 4.75. The largest absolute Gasteiger partial charge is 0.324 e. The Morgan fingerprint density at radius 2 is 2.08 bits per heavy atom. The molecule has 70 valence electrons. The molecule has 1 aliphatic rings. The molecule has 0 aliphatic carbocycles. The van der Waals surface area contributed by atoms with Crippen molar-refractivity contribution in [3.05, 3.63) is 35.9 Å². The molecule has 1 aromatic rings. The van der Waals surface area contributed by atoms with Gasteiger partial charge >= 0.3 is 0 Å². The zero-order valence-electron chi connectivity index (χ0n) is 7.96. The molecular formula is C11H16N2. The minimum absolute atomic E-state index is 0.0959. The highest BCUT2D eigenvalue weighted by molar-refractivity contribution is 5.26. The first kappa shape index (κ1) is 8.73. The van der Waals surface area contributed by atoms with Crippen LogP contribution in [0.1, 0.15) is 18.4 Å². The number of benzene rings is 1. The summed E-state index contributed by atoms with van der Waals surface area (Å²) in [5.74, 6) is 0.452. The van der Waals surface area contributed by atoms with Crippen molar-refractivity contribution in [1.29, 1.82) is 0 Å². The minimum Gasteiger partial charge on any atom is -0.324 e. The fourth-order valence-corrected chi connectivity index (χ4v) is 2.03. The second-order valence-electron chi connectivity index (χ2n) is 4.10. The van der Waals surface area contributed by atoms with Gasteiger partial charge in [0.2, 0.25) is 0 Å². The molecule has 2 atom stereocenters. The van der Waals surface area contributed by atoms with E-state index in [4.69, 9.17) is 5.73 Å². The Morgan fingerprint density at radius 3 is 2.62 bits per heavy atom. The van der Waals surface area contributed by atoms with Crippen LogP contribution in [0, 0.1) is 0 Å². The van der Waals surface area contributed by atoms with Crippen LogP contribution in [-0.2, 0) is 0 Å². The van der Waals surface area contributed by atoms with Crippen molar-refractivity contribution in [1.82, 2.24) is 5.32 Å². The molecule has 2 nitrogen and oxygen atoms in total. The Hall–Kier alpha value is -0.860. The lowest BCUT2D eigenvalue weighted by atomic mass is 9.84. The Kier molecular flexibility index (Phi) is 2.10. The molecule has 3 N–H and O–H groups in total. The number of hydrogen-bond donors (Lipinski definition) is 2. The van der Waals surface area contributed by atoms with Gasteiger partial charge in [0, 0.05) is 24.5 Å². The number of hydrogen-bond acceptors (Lipinski definition) is 2. The van der Waals surface area contributed by atoms with E-state index in [0.717, 1.165) is 13.1 Å². The van der Waals surface area contributed by atoms with Gasteiger partial charge < -0.3 is 11.1 Å². The maximum atomic E-state index is 6.19. The highest BCUT2D eigenvalue weighted by atomic mass is 15.0. The van der Waals surface area contributed by atoms with E-state index in [-0.39, 0.29) is 5.54 Å². The molecule has 1 aliphatic heterocycles. The van der Waals surface area contributed by atoms with Crippen molar-refractivity contribution in [3.63, 3.8) is 0 Å². The maximum absolute atomic E-state index is 6.19. The van der Waals surface area contributed by atoms with Crippen LogP contribution in [0.15, 0.2) is 30.3 Å². The molecule has 0 aromatic heterocycles. The normalized spacial score (nSPS) is 33.5. The first-order chi connectivity index (χ1) is 6.20. The topological polar surface area (TPSA) is 38.0 Å². The van der Waals surface area contributed by atoms with Crippen molar-refractivity contribution >= 4 is 0 Å². The average Bonchev–Trinajstić information content (AvgIpc) is 2.47. The standard InChI is InChI=1S/C11H16N2/c1-11(12)8-13-7-10(11)9-5-3-2-4-6-9/h2-6,10,13H,7-8,12H2,1H3/t10-,11+/m0/s1. The fourth-order valence-electron chi connectivity index (χ4n) is 2.03. The fraction of sp³-hybridized carbons (Fsp3) is 0.455. The van der Waals surface area contributed by atoms with E-state index in [2.05, 4.69) is 36.5 Å². The lowest BCUT2D eigenvalue weighted by Crippen LogP contribution is -2.42. The molecule has 1 saturated heterocycles. The van der Waals surface area contributed by atoms with E-state index in [0.29, 0.717) is 5.92 Å². The van der Waals surface area contributed by atoms with Gasteiger partial charge in [0.25, 0.3) is 0 Å². The lowest BCUT2D eigenvalue weighted by molar-refractivity contribution is 0.462. The Morgan fingerprint density at radius 1 is 1.38 bits per heavy atom. The molecule has 13 heavy (non-hydrogen) atoms. The summed E-state index contributed by atoms with van der Waals surface area (Å²) in [5, 5.41) is 3.34. The molecule has 0 saturated carbocycles. The highest BCUT2D eigenvalue weighted by Gasteiger charge is 2.35. The van der Waals surface area contributed by atoms with Crippen molar-refractivity contribution in [2.24, 2.45) is 5.73 Å². The molecule has 1 heterocycles. The minimum atomic E-state index is -0.0959. The van der Waals surface area contributed by atoms with Crippen LogP contribution in [-0.4, -0.2) is 18.6 Å². The summed E-state index contributed by atoms with van der Waals surface area (Å²) in [5.41, 5.74) is 7.44. The molecule has 1 fully saturated rings. The van der Waals surface area contributed by atoms with E-state index in [1.54, 1.807) is 0 Å². The van der Waals surface area contributed by atoms with Crippen LogP contribution < -0.4 is 11.1 Å². The van der Waals surface area contributed by atoms with Gasteiger partial charge in [-0.1, -0.05) is 30.3 Å². The summed E-state index contributed by atoms with van der Waals surface area (Å²) >= 11 is 0. The molecular weight excluding hydrogens is 160 g/mol. The van der Waals surface area contributed by atoms with E-state index in [1.165, 1.54) is 5.56 Å². The Balaban J connectivity index is 2.27. The molecule has 1 aromatic carbocycles. The van der Waals surface area contributed by atoms with Crippen molar-refractivity contribution in [2.75, 3.05) is 13.1 Å². The monoisotopic (exact) mass is 176 g/mol. The third-order valence-electron chi connectivity index (χ3n) is 2.85. The predicted molar refractivity (Wildman–Crippen MR) is 54.6 cm³/mol. The van der Waals surface area contributed by atoms with Gasteiger partial charge in [0.05, 0.1) is 0 Å². The summed E-state index contributed by atoms with van der Waals surface area (Å²) in [6.07, 6.45) is 0. The first-order valence-electron chi connectivity index (χ1n) is 4.75. The molecule has 0 amide bonds. The molecule has 0 spiro atoms. The van der Waals surface area contributed by atoms with Crippen LogP contribution in [0.3, 0.4) is 0 Å². The zero-order valence-corrected chi connectivity index (χ0v) is 7.96. The van der Waals surface area contributed by atoms with Gasteiger partial charge in [0.1, 0.15) is 0 Å². The molecule has 0 bridgehead atoms. The van der Waals surface area contributed by atoms with Gasteiger partial charge in [0.15, 0.2) is 0 Å². The van der Waals surface area contributed by atoms with Gasteiger partial charge in [-0.25, -0.2) is 0 Å². The summed E-state index contributed by atoms with van der Waals surface area (Å²) in [6, 6.07) is 10.5. The third-order valence-corrected chi connectivity index (χ3v) is 2.85. The van der Waals surface area contributed by atoms with Gasteiger partial charge in [-0.2, -0.15) is 0 Å². The Bertz CT molecular complexity index is 279. The smallest absolute Gasteiger partial charge is 0.0333 e. The molecule has 0 radical (unpaired) electrons. The van der Waals surface area contributed by atoms with Crippen LogP contribution in [0.5, 0.6) is 0 Å². The molecule has 0 unspecified atom stereocenters. The van der Waals surface area contributed by atoms with Crippen LogP contribution in [0.2, 0.25) is 0 Å². The number of nitrogens with two attached hydrogens (primary N) is 1. The second-order valence-corrected chi connectivity index (χ2v) is 4.10. The third kappa shape index (κ3) is 1.60. The second kappa shape index (κ2) is 3.13. The number of nitrogens with one attached hydrogen (secondary N) is 1. The van der Waals surface area contributed by atoms with Crippen LogP contribution in [0.25, 0.3) is 0 Å². The lowest BCUT2D eigenvalue weighted by Gasteiger charge is -2.25. The SMILES string of the molecule is C[C@@]1(N)CNC[C@H]1c1ccccc1. The molecule has 2 heteroatoms. The van der Waals surface area contributed by atoms with E-state index in [1.807, 2.05) is 6.07 Å². The van der Waals surface area contributed by atoms with E-state index < -0.39 is 0 Å². The zero-order chi connectivity index (χ0) is 9.31. The van der Waals surface area contributed by atoms with Crippen molar-refractivity contribution in [2.45, 2.75) is 18.4 Å². The van der Waals surface area contributed by atoms with Crippen molar-refractivity contribution in [3.8, 4) is 0 Å². The van der Waals surface area contributed by atoms with E-state index >= 15 is 0 Å². The molecule has 2 rings (SSSR count). The average molecular weight is 176 g/mol. The van der Waals surface area contributed by atoms with Crippen molar-refractivity contribution < 1.29 is 0 Å². The summed E-state index contributed by atoms with van der Waals surface area (Å²) in [7, 11) is 0. The van der Waals surface area contributed by atoms with Gasteiger partial charge in [-0.15, -0.1) is 0 Å². The van der Waals surface area contributed by atoms with Gasteiger partial charge in [-0.05, 0) is 12.5 Å². The van der Waals surface area contributed by atoms with E-state index in [9.17, 15) is 0 Å².